The third kappa shape index (κ3) is 1.54. The van der Waals surface area contributed by atoms with Crippen LogP contribution in [0.1, 0.15) is 4.88 Å². The van der Waals surface area contributed by atoms with Gasteiger partial charge in [0.25, 0.3) is 0 Å². The lowest BCUT2D eigenvalue weighted by Gasteiger charge is -1.88. The molecule has 4 heteroatoms. The smallest absolute Gasteiger partial charge is 0.308 e. The van der Waals surface area contributed by atoms with Gasteiger partial charge in [0, 0.05) is 0 Å². The van der Waals surface area contributed by atoms with Crippen molar-refractivity contribution in [3.63, 3.8) is 0 Å². The molecule has 1 aromatic rings. The summed E-state index contributed by atoms with van der Waals surface area (Å²) in [6.07, 6.45) is -0.219. The lowest BCUT2D eigenvalue weighted by Crippen LogP contribution is -1.98. The molecule has 0 atom stereocenters. The van der Waals surface area contributed by atoms with E-state index in [0.29, 0.717) is 0 Å². The van der Waals surface area contributed by atoms with Gasteiger partial charge in [-0.05, 0) is 11.4 Å². The van der Waals surface area contributed by atoms with Crippen LogP contribution in [-0.4, -0.2) is 11.1 Å². The van der Waals surface area contributed by atoms with Gasteiger partial charge in [-0.25, -0.2) is 4.39 Å². The van der Waals surface area contributed by atoms with E-state index in [1.54, 1.807) is 0 Å². The molecule has 0 spiro atoms. The number of carboxylic acid groups (broad SMARTS) is 1. The van der Waals surface area contributed by atoms with E-state index in [9.17, 15) is 9.18 Å². The molecule has 0 aliphatic carbocycles. The van der Waals surface area contributed by atoms with Crippen LogP contribution in [0.5, 0.6) is 0 Å². The Balaban J connectivity index is 2.74. The van der Waals surface area contributed by atoms with Gasteiger partial charge >= 0.3 is 5.97 Å². The lowest BCUT2D eigenvalue weighted by molar-refractivity contribution is -0.136. The Kier molecular flexibility index (Phi) is 2.01. The molecular weight excluding hydrogens is 155 g/mol. The van der Waals surface area contributed by atoms with E-state index in [1.165, 1.54) is 11.4 Å². The van der Waals surface area contributed by atoms with Crippen molar-refractivity contribution < 1.29 is 14.3 Å². The molecule has 0 bridgehead atoms. The predicted molar refractivity (Wildman–Crippen MR) is 35.6 cm³/mol. The van der Waals surface area contributed by atoms with Gasteiger partial charge in [0.2, 0.25) is 0 Å². The van der Waals surface area contributed by atoms with Crippen molar-refractivity contribution >= 4 is 17.3 Å². The van der Waals surface area contributed by atoms with Crippen LogP contribution >= 0.6 is 11.3 Å². The Bertz CT molecular complexity index is 244. The van der Waals surface area contributed by atoms with E-state index in [1.807, 2.05) is 0 Å². The Morgan fingerprint density at radius 1 is 1.80 bits per heavy atom. The number of carbonyl (C=O) groups is 1. The van der Waals surface area contributed by atoms with Gasteiger partial charge in [0.1, 0.15) is 5.82 Å². The van der Waals surface area contributed by atoms with E-state index < -0.39 is 11.8 Å². The summed E-state index contributed by atoms with van der Waals surface area (Å²) in [5.41, 5.74) is 0. The summed E-state index contributed by atoms with van der Waals surface area (Å²) in [6, 6.07) is 1.27. The van der Waals surface area contributed by atoms with Crippen LogP contribution in [0.4, 0.5) is 4.39 Å². The third-order valence-corrected chi connectivity index (χ3v) is 1.90. The number of hydrogen-bond donors (Lipinski definition) is 1. The first-order valence-corrected chi connectivity index (χ1v) is 3.52. The van der Waals surface area contributed by atoms with Gasteiger partial charge in [0.05, 0.1) is 11.3 Å². The minimum Gasteiger partial charge on any atom is -0.481 e. The number of carboxylic acids is 1. The third-order valence-electron chi connectivity index (χ3n) is 1.00. The maximum Gasteiger partial charge on any atom is 0.308 e. The van der Waals surface area contributed by atoms with Crippen LogP contribution < -0.4 is 0 Å². The number of rotatable bonds is 2. The zero-order chi connectivity index (χ0) is 7.56. The fraction of sp³-hybridized carbons (Fsp3) is 0.167. The highest BCUT2D eigenvalue weighted by molar-refractivity contribution is 7.10. The number of aliphatic carboxylic acids is 1. The van der Waals surface area contributed by atoms with Crippen LogP contribution in [-0.2, 0) is 11.2 Å². The summed E-state index contributed by atoms with van der Waals surface area (Å²) in [5.74, 6) is -1.42. The second-order valence-electron chi connectivity index (χ2n) is 1.76. The normalized spacial score (nSPS) is 9.70. The van der Waals surface area contributed by atoms with E-state index in [0.717, 1.165) is 11.3 Å². The molecule has 1 aromatic heterocycles. The minimum atomic E-state index is -0.999. The molecule has 1 heterocycles. The molecule has 0 fully saturated rings. The van der Waals surface area contributed by atoms with Crippen molar-refractivity contribution in [3.05, 3.63) is 22.1 Å². The second kappa shape index (κ2) is 2.79. The Morgan fingerprint density at radius 3 is 2.90 bits per heavy atom. The Hall–Kier alpha value is -0.900. The molecule has 0 aromatic carbocycles. The molecule has 0 saturated carbocycles. The molecule has 0 saturated heterocycles. The molecule has 0 aliphatic heterocycles. The first-order chi connectivity index (χ1) is 4.70. The second-order valence-corrected chi connectivity index (χ2v) is 2.76. The van der Waals surface area contributed by atoms with Gasteiger partial charge in [-0.2, -0.15) is 0 Å². The molecule has 2 nitrogen and oxygen atoms in total. The number of hydrogen-bond acceptors (Lipinski definition) is 2. The standard InChI is InChI=1S/C6H5FO2S/c7-4-1-2-10-5(4)3-6(8)9/h1-2H,3H2,(H,8,9). The Labute approximate surface area is 60.9 Å². The van der Waals surface area contributed by atoms with Gasteiger partial charge in [-0.1, -0.05) is 0 Å². The van der Waals surface area contributed by atoms with Crippen LogP contribution in [0.25, 0.3) is 0 Å². The highest BCUT2D eigenvalue weighted by atomic mass is 32.1. The quantitative estimate of drug-likeness (QED) is 0.712. The topological polar surface area (TPSA) is 37.3 Å². The molecule has 0 radical (unpaired) electrons. The lowest BCUT2D eigenvalue weighted by atomic mass is 10.3. The first-order valence-electron chi connectivity index (χ1n) is 2.64. The molecule has 0 unspecified atom stereocenters. The van der Waals surface area contributed by atoms with E-state index in [4.69, 9.17) is 5.11 Å². The zero-order valence-corrected chi connectivity index (χ0v) is 5.82. The van der Waals surface area contributed by atoms with Crippen molar-refractivity contribution in [1.29, 1.82) is 0 Å². The largest absolute Gasteiger partial charge is 0.481 e. The van der Waals surface area contributed by atoms with Gasteiger partial charge in [-0.3, -0.25) is 4.79 Å². The van der Waals surface area contributed by atoms with Gasteiger partial charge in [0.15, 0.2) is 0 Å². The van der Waals surface area contributed by atoms with E-state index >= 15 is 0 Å². The fourth-order valence-electron chi connectivity index (χ4n) is 0.589. The number of thiophene rings is 1. The number of halogens is 1. The van der Waals surface area contributed by atoms with Crippen molar-refractivity contribution in [3.8, 4) is 0 Å². The monoisotopic (exact) mass is 160 g/mol. The van der Waals surface area contributed by atoms with Gasteiger partial charge < -0.3 is 5.11 Å². The highest BCUT2D eigenvalue weighted by Crippen LogP contribution is 2.14. The van der Waals surface area contributed by atoms with E-state index in [-0.39, 0.29) is 11.3 Å². The SMILES string of the molecule is O=C(O)Cc1sccc1F. The summed E-state index contributed by atoms with van der Waals surface area (Å²) in [6.45, 7) is 0. The van der Waals surface area contributed by atoms with Crippen LogP contribution in [0, 0.1) is 5.82 Å². The average molecular weight is 160 g/mol. The van der Waals surface area contributed by atoms with Crippen LogP contribution in [0.15, 0.2) is 11.4 Å². The maximum absolute atomic E-state index is 12.5. The minimum absolute atomic E-state index is 0.219. The zero-order valence-electron chi connectivity index (χ0n) is 5.00. The highest BCUT2D eigenvalue weighted by Gasteiger charge is 2.06. The summed E-state index contributed by atoms with van der Waals surface area (Å²) < 4.78 is 12.5. The summed E-state index contributed by atoms with van der Waals surface area (Å²) in [4.78, 5) is 10.3. The van der Waals surface area contributed by atoms with Crippen molar-refractivity contribution in [2.75, 3.05) is 0 Å². The van der Waals surface area contributed by atoms with Crippen molar-refractivity contribution in [2.24, 2.45) is 0 Å². The first kappa shape index (κ1) is 7.21. The van der Waals surface area contributed by atoms with Crippen LogP contribution in [0.2, 0.25) is 0 Å². The van der Waals surface area contributed by atoms with E-state index in [2.05, 4.69) is 0 Å². The average Bonchev–Trinajstić information content (AvgIpc) is 2.15. The molecular formula is C6H5FO2S. The molecule has 1 N–H and O–H groups in total. The summed E-state index contributed by atoms with van der Waals surface area (Å²) in [5, 5.41) is 9.79. The van der Waals surface area contributed by atoms with Crippen molar-refractivity contribution in [1.82, 2.24) is 0 Å². The predicted octanol–water partition coefficient (Wildman–Crippen LogP) is 1.51. The fourth-order valence-corrected chi connectivity index (χ4v) is 1.33. The molecule has 1 rings (SSSR count). The van der Waals surface area contributed by atoms with Crippen molar-refractivity contribution in [2.45, 2.75) is 6.42 Å². The van der Waals surface area contributed by atoms with Gasteiger partial charge in [-0.15, -0.1) is 11.3 Å². The molecule has 54 valence electrons. The Morgan fingerprint density at radius 2 is 2.50 bits per heavy atom. The molecule has 10 heavy (non-hydrogen) atoms. The molecule has 0 aliphatic rings. The summed E-state index contributed by atoms with van der Waals surface area (Å²) >= 11 is 1.12. The summed E-state index contributed by atoms with van der Waals surface area (Å²) in [7, 11) is 0. The molecule has 0 amide bonds. The maximum atomic E-state index is 12.5. The van der Waals surface area contributed by atoms with Crippen LogP contribution in [0.3, 0.4) is 0 Å².